The summed E-state index contributed by atoms with van der Waals surface area (Å²) in [6.07, 6.45) is 5.12. The molecule has 0 saturated carbocycles. The van der Waals surface area contributed by atoms with E-state index in [1.807, 2.05) is 0 Å². The van der Waals surface area contributed by atoms with Gasteiger partial charge in [-0.25, -0.2) is 38.8 Å². The molecule has 1 aliphatic heterocycles. The van der Waals surface area contributed by atoms with Crippen molar-refractivity contribution in [2.75, 3.05) is 43.4 Å². The molecule has 0 amide bonds. The van der Waals surface area contributed by atoms with Crippen molar-refractivity contribution in [2.24, 2.45) is 5.92 Å². The highest BCUT2D eigenvalue weighted by Crippen LogP contribution is 2.31. The Bertz CT molecular complexity index is 1740. The largest absolute Gasteiger partial charge is 0.303 e. The number of halogens is 2. The monoisotopic (exact) mass is 669 g/mol. The van der Waals surface area contributed by atoms with Gasteiger partial charge in [-0.2, -0.15) is 0 Å². The highest BCUT2D eigenvalue weighted by molar-refractivity contribution is 7.92. The van der Waals surface area contributed by atoms with Crippen LogP contribution in [0.1, 0.15) is 42.7 Å². The third-order valence-corrected chi connectivity index (χ3v) is 11.0. The van der Waals surface area contributed by atoms with Crippen molar-refractivity contribution in [2.45, 2.75) is 41.4 Å². The van der Waals surface area contributed by atoms with E-state index in [0.29, 0.717) is 30.9 Å². The average molecular weight is 670 g/mol. The SMILES string of the molecule is CS(=O)(=O)Nc1ccc(S(=O)(=O)NCCC2CCN(CCC(c3ccc(S(C)(=O)=O)cc3)c3cc(F)cc(F)c3)CC2)cc1. The van der Waals surface area contributed by atoms with Crippen molar-refractivity contribution in [3.8, 4) is 0 Å². The van der Waals surface area contributed by atoms with Gasteiger partial charge in [-0.1, -0.05) is 12.1 Å². The number of benzene rings is 3. The standard InChI is InChI=1S/C30H37F2N3O6S3/c1-42(36,37)28-7-3-23(4-8-28)30(24-19-25(31)21-26(32)20-24)14-18-35-16-12-22(13-17-35)11-15-33-44(40,41)29-9-5-27(6-10-29)34-43(2,38)39/h3-10,19-22,30,33-34H,11-18H2,1-2H3. The van der Waals surface area contributed by atoms with Crippen LogP contribution in [0.2, 0.25) is 0 Å². The van der Waals surface area contributed by atoms with Crippen LogP contribution in [-0.2, 0) is 29.9 Å². The Hall–Kier alpha value is -2.91. The summed E-state index contributed by atoms with van der Waals surface area (Å²) < 4.78 is 105. The molecule has 4 rings (SSSR count). The van der Waals surface area contributed by atoms with Crippen LogP contribution in [0, 0.1) is 17.6 Å². The maximum atomic E-state index is 14.1. The number of anilines is 1. The number of nitrogens with one attached hydrogen (secondary N) is 2. The minimum atomic E-state index is -3.74. The molecule has 44 heavy (non-hydrogen) atoms. The molecule has 9 nitrogen and oxygen atoms in total. The zero-order valence-electron chi connectivity index (χ0n) is 24.5. The van der Waals surface area contributed by atoms with Crippen molar-refractivity contribution < 1.29 is 34.0 Å². The van der Waals surface area contributed by atoms with E-state index in [1.165, 1.54) is 48.5 Å². The maximum Gasteiger partial charge on any atom is 0.240 e. The summed E-state index contributed by atoms with van der Waals surface area (Å²) >= 11 is 0. The number of rotatable bonds is 13. The van der Waals surface area contributed by atoms with Gasteiger partial charge in [0.1, 0.15) is 11.6 Å². The van der Waals surface area contributed by atoms with Gasteiger partial charge in [-0.05, 0) is 111 Å². The second-order valence-corrected chi connectivity index (χ2v) is 16.8. The lowest BCUT2D eigenvalue weighted by Crippen LogP contribution is -2.36. The molecule has 3 aromatic rings. The summed E-state index contributed by atoms with van der Waals surface area (Å²) in [5, 5.41) is 0. The van der Waals surface area contributed by atoms with Crippen LogP contribution in [0.25, 0.3) is 0 Å². The van der Waals surface area contributed by atoms with Gasteiger partial charge < -0.3 is 4.90 Å². The number of sulfonamides is 2. The molecule has 3 aromatic carbocycles. The predicted molar refractivity (Wildman–Crippen MR) is 166 cm³/mol. The summed E-state index contributed by atoms with van der Waals surface area (Å²) in [6, 6.07) is 15.3. The first-order valence-corrected chi connectivity index (χ1v) is 19.4. The van der Waals surface area contributed by atoms with E-state index in [1.54, 1.807) is 12.1 Å². The van der Waals surface area contributed by atoms with E-state index in [-0.39, 0.29) is 27.9 Å². The van der Waals surface area contributed by atoms with Crippen molar-refractivity contribution in [1.82, 2.24) is 9.62 Å². The minimum Gasteiger partial charge on any atom is -0.303 e. The third kappa shape index (κ3) is 9.80. The van der Waals surface area contributed by atoms with Crippen molar-refractivity contribution >= 4 is 35.6 Å². The molecule has 1 unspecified atom stereocenters. The number of piperidine rings is 1. The Labute approximate surface area is 258 Å². The van der Waals surface area contributed by atoms with Crippen LogP contribution < -0.4 is 9.44 Å². The topological polar surface area (TPSA) is 130 Å². The average Bonchev–Trinajstić information content (AvgIpc) is 2.93. The summed E-state index contributed by atoms with van der Waals surface area (Å²) in [6.45, 7) is 2.53. The Kier molecular flexibility index (Phi) is 10.8. The summed E-state index contributed by atoms with van der Waals surface area (Å²) in [4.78, 5) is 2.50. The lowest BCUT2D eigenvalue weighted by molar-refractivity contribution is 0.176. The lowest BCUT2D eigenvalue weighted by atomic mass is 9.87. The third-order valence-electron chi connectivity index (χ3n) is 7.75. The minimum absolute atomic E-state index is 0.0464. The second kappa shape index (κ2) is 14.0. The van der Waals surface area contributed by atoms with Gasteiger partial charge in [-0.3, -0.25) is 4.72 Å². The molecule has 1 heterocycles. The molecule has 0 radical (unpaired) electrons. The predicted octanol–water partition coefficient (Wildman–Crippen LogP) is 4.34. The van der Waals surface area contributed by atoms with Gasteiger partial charge in [0.2, 0.25) is 20.0 Å². The van der Waals surface area contributed by atoms with Crippen LogP contribution in [0.5, 0.6) is 0 Å². The van der Waals surface area contributed by atoms with Crippen LogP contribution in [0.15, 0.2) is 76.5 Å². The molecule has 0 aliphatic carbocycles. The number of sulfone groups is 1. The molecule has 14 heteroatoms. The van der Waals surface area contributed by atoms with E-state index in [2.05, 4.69) is 14.3 Å². The van der Waals surface area contributed by atoms with Gasteiger partial charge in [-0.15, -0.1) is 0 Å². The Morgan fingerprint density at radius 2 is 1.36 bits per heavy atom. The molecule has 2 N–H and O–H groups in total. The number of likely N-dealkylation sites (tertiary alicyclic amines) is 1. The normalized spacial score (nSPS) is 16.1. The Morgan fingerprint density at radius 3 is 1.91 bits per heavy atom. The molecular formula is C30H37F2N3O6S3. The molecule has 0 spiro atoms. The highest BCUT2D eigenvalue weighted by atomic mass is 32.2. The van der Waals surface area contributed by atoms with Crippen LogP contribution in [0.4, 0.5) is 14.5 Å². The fourth-order valence-electron chi connectivity index (χ4n) is 5.46. The first-order chi connectivity index (χ1) is 20.6. The van der Waals surface area contributed by atoms with Crippen molar-refractivity contribution in [1.29, 1.82) is 0 Å². The number of hydrogen-bond donors (Lipinski definition) is 2. The van der Waals surface area contributed by atoms with Gasteiger partial charge in [0.05, 0.1) is 16.0 Å². The van der Waals surface area contributed by atoms with E-state index in [4.69, 9.17) is 0 Å². The maximum absolute atomic E-state index is 14.1. The van der Waals surface area contributed by atoms with Crippen molar-refractivity contribution in [3.63, 3.8) is 0 Å². The van der Waals surface area contributed by atoms with Crippen molar-refractivity contribution in [3.05, 3.63) is 89.5 Å². The lowest BCUT2D eigenvalue weighted by Gasteiger charge is -2.33. The molecule has 1 saturated heterocycles. The molecule has 1 aliphatic rings. The molecule has 240 valence electrons. The van der Waals surface area contributed by atoms with Crippen LogP contribution in [0.3, 0.4) is 0 Å². The first kappa shape index (κ1) is 34.0. The Balaban J connectivity index is 1.30. The molecule has 0 aromatic heterocycles. The van der Waals surface area contributed by atoms with Gasteiger partial charge in [0, 0.05) is 30.5 Å². The van der Waals surface area contributed by atoms with E-state index in [9.17, 15) is 34.0 Å². The second-order valence-electron chi connectivity index (χ2n) is 11.3. The van der Waals surface area contributed by atoms with E-state index in [0.717, 1.165) is 50.1 Å². The first-order valence-electron chi connectivity index (χ1n) is 14.1. The summed E-state index contributed by atoms with van der Waals surface area (Å²) in [5.74, 6) is -1.35. The molecule has 1 atom stereocenters. The highest BCUT2D eigenvalue weighted by Gasteiger charge is 2.23. The van der Waals surface area contributed by atoms with Crippen LogP contribution in [-0.4, -0.2) is 68.8 Å². The smallest absolute Gasteiger partial charge is 0.240 e. The summed E-state index contributed by atoms with van der Waals surface area (Å²) in [7, 11) is -10.6. The Morgan fingerprint density at radius 1 is 0.795 bits per heavy atom. The summed E-state index contributed by atoms with van der Waals surface area (Å²) in [5.41, 5.74) is 1.53. The number of hydrogen-bond acceptors (Lipinski definition) is 7. The zero-order chi connectivity index (χ0) is 32.1. The van der Waals surface area contributed by atoms with Gasteiger partial charge in [0.15, 0.2) is 9.84 Å². The van der Waals surface area contributed by atoms with Crippen LogP contribution >= 0.6 is 0 Å². The number of nitrogens with zero attached hydrogens (tertiary/aromatic N) is 1. The van der Waals surface area contributed by atoms with Gasteiger partial charge in [0.25, 0.3) is 0 Å². The van der Waals surface area contributed by atoms with Gasteiger partial charge >= 0.3 is 0 Å². The molecule has 0 bridgehead atoms. The van der Waals surface area contributed by atoms with E-state index >= 15 is 0 Å². The fourth-order valence-corrected chi connectivity index (χ4v) is 7.70. The quantitative estimate of drug-likeness (QED) is 0.277. The molecule has 1 fully saturated rings. The van der Waals surface area contributed by atoms with E-state index < -0.39 is 41.5 Å². The fraction of sp³-hybridized carbons (Fsp3) is 0.400. The zero-order valence-corrected chi connectivity index (χ0v) is 27.0. The molecular weight excluding hydrogens is 633 g/mol.